The zero-order valence-corrected chi connectivity index (χ0v) is 13.4. The van der Waals surface area contributed by atoms with Crippen LogP contribution in [0.4, 0.5) is 0 Å². The van der Waals surface area contributed by atoms with E-state index in [9.17, 15) is 0 Å². The summed E-state index contributed by atoms with van der Waals surface area (Å²) in [7, 11) is 0. The van der Waals surface area contributed by atoms with E-state index in [-0.39, 0.29) is 0 Å². The second-order valence-corrected chi connectivity index (χ2v) is 6.47. The minimum atomic E-state index is 0.396. The van der Waals surface area contributed by atoms with Gasteiger partial charge in [0.25, 0.3) is 0 Å². The van der Waals surface area contributed by atoms with Crippen molar-refractivity contribution in [1.29, 1.82) is 0 Å². The van der Waals surface area contributed by atoms with Crippen molar-refractivity contribution in [2.45, 2.75) is 76.4 Å². The maximum Gasteiger partial charge on any atom is 0.104 e. The highest BCUT2D eigenvalue weighted by Crippen LogP contribution is 2.31. The zero-order valence-electron chi connectivity index (χ0n) is 13.4. The van der Waals surface area contributed by atoms with Crippen molar-refractivity contribution in [2.24, 2.45) is 5.92 Å². The van der Waals surface area contributed by atoms with Crippen molar-refractivity contribution in [3.8, 4) is 0 Å². The molecule has 2 unspecified atom stereocenters. The van der Waals surface area contributed by atoms with Gasteiger partial charge < -0.3 is 14.2 Å². The highest BCUT2D eigenvalue weighted by molar-refractivity contribution is 4.77. The molecule has 3 nitrogen and oxygen atoms in total. The van der Waals surface area contributed by atoms with Gasteiger partial charge >= 0.3 is 0 Å². The Hall–Kier alpha value is -0.540. The molecule has 0 aromatic heterocycles. The van der Waals surface area contributed by atoms with E-state index in [4.69, 9.17) is 14.2 Å². The fourth-order valence-corrected chi connectivity index (χ4v) is 3.32. The van der Waals surface area contributed by atoms with Crippen LogP contribution in [0, 0.1) is 5.92 Å². The fraction of sp³-hybridized carbons (Fsp3) is 0.889. The highest BCUT2D eigenvalue weighted by Gasteiger charge is 2.28. The average molecular weight is 296 g/mol. The molecule has 0 N–H and O–H groups in total. The van der Waals surface area contributed by atoms with Crippen LogP contribution in [0.2, 0.25) is 0 Å². The van der Waals surface area contributed by atoms with Gasteiger partial charge in [-0.25, -0.2) is 0 Å². The molecule has 1 aliphatic carbocycles. The van der Waals surface area contributed by atoms with Crippen molar-refractivity contribution < 1.29 is 14.2 Å². The van der Waals surface area contributed by atoms with Gasteiger partial charge in [-0.3, -0.25) is 0 Å². The maximum atomic E-state index is 6.19. The van der Waals surface area contributed by atoms with Crippen LogP contribution < -0.4 is 0 Å². The molecule has 1 aliphatic heterocycles. The van der Waals surface area contributed by atoms with Crippen LogP contribution in [0.15, 0.2) is 12.8 Å². The largest absolute Gasteiger partial charge is 0.502 e. The molecule has 3 heteroatoms. The van der Waals surface area contributed by atoms with E-state index in [1.165, 1.54) is 64.0 Å². The van der Waals surface area contributed by atoms with E-state index >= 15 is 0 Å². The molecule has 2 rings (SSSR count). The summed E-state index contributed by atoms with van der Waals surface area (Å²) in [6, 6.07) is 0. The molecule has 0 amide bonds. The molecule has 122 valence electrons. The molecular weight excluding hydrogens is 264 g/mol. The molecule has 21 heavy (non-hydrogen) atoms. The van der Waals surface area contributed by atoms with E-state index < -0.39 is 0 Å². The normalized spacial score (nSPS) is 23.7. The first kappa shape index (κ1) is 16.8. The summed E-state index contributed by atoms with van der Waals surface area (Å²) in [6.45, 7) is 6.09. The van der Waals surface area contributed by atoms with Crippen molar-refractivity contribution >= 4 is 0 Å². The van der Waals surface area contributed by atoms with Crippen LogP contribution in [0.3, 0.4) is 0 Å². The second-order valence-electron chi connectivity index (χ2n) is 6.47. The average Bonchev–Trinajstić information content (AvgIpc) is 3.34. The number of hydrogen-bond donors (Lipinski definition) is 0. The smallest absolute Gasteiger partial charge is 0.104 e. The van der Waals surface area contributed by atoms with Gasteiger partial charge in [0.1, 0.15) is 6.10 Å². The molecule has 2 aliphatic rings. The molecule has 1 saturated heterocycles. The van der Waals surface area contributed by atoms with E-state index in [1.54, 1.807) is 0 Å². The molecule has 2 atom stereocenters. The topological polar surface area (TPSA) is 31.0 Å². The van der Waals surface area contributed by atoms with E-state index in [0.717, 1.165) is 32.2 Å². The van der Waals surface area contributed by atoms with Gasteiger partial charge in [0.2, 0.25) is 0 Å². The van der Waals surface area contributed by atoms with E-state index in [0.29, 0.717) is 12.2 Å². The van der Waals surface area contributed by atoms with Gasteiger partial charge in [0.05, 0.1) is 32.2 Å². The zero-order chi connectivity index (χ0) is 14.8. The van der Waals surface area contributed by atoms with Crippen LogP contribution >= 0.6 is 0 Å². The lowest BCUT2D eigenvalue weighted by atomic mass is 9.83. The Bertz CT molecular complexity index is 270. The first-order valence-corrected chi connectivity index (χ1v) is 8.86. The third kappa shape index (κ3) is 7.32. The van der Waals surface area contributed by atoms with Gasteiger partial charge in [-0.15, -0.1) is 0 Å². The predicted molar refractivity (Wildman–Crippen MR) is 85.3 cm³/mol. The Labute approximate surface area is 130 Å². The predicted octanol–water partition coefficient (Wildman–Crippen LogP) is 4.46. The number of epoxide rings is 1. The number of rotatable bonds is 12. The standard InChI is InChI=1S/C18H32O3/c1-2-19-13-9-4-3-8-12-18(21-15-17-14-20-17)16-10-6-5-7-11-16/h2,16-18H,1,3-15H2. The molecule has 0 aromatic carbocycles. The molecule has 0 radical (unpaired) electrons. The second kappa shape index (κ2) is 10.2. The van der Waals surface area contributed by atoms with Crippen molar-refractivity contribution in [3.63, 3.8) is 0 Å². The summed E-state index contributed by atoms with van der Waals surface area (Å²) < 4.78 is 16.6. The Morgan fingerprint density at radius 3 is 2.57 bits per heavy atom. The quantitative estimate of drug-likeness (QED) is 0.303. The number of ether oxygens (including phenoxy) is 3. The first-order valence-electron chi connectivity index (χ1n) is 8.86. The summed E-state index contributed by atoms with van der Waals surface area (Å²) in [4.78, 5) is 0. The summed E-state index contributed by atoms with van der Waals surface area (Å²) in [6.07, 6.45) is 15.5. The van der Waals surface area contributed by atoms with E-state index in [1.807, 2.05) is 0 Å². The molecule has 0 aromatic rings. The van der Waals surface area contributed by atoms with Gasteiger partial charge in [0.15, 0.2) is 0 Å². The maximum absolute atomic E-state index is 6.19. The molecule has 0 bridgehead atoms. The third-order valence-corrected chi connectivity index (χ3v) is 4.69. The van der Waals surface area contributed by atoms with Crippen LogP contribution in [-0.2, 0) is 14.2 Å². The minimum Gasteiger partial charge on any atom is -0.502 e. The van der Waals surface area contributed by atoms with Gasteiger partial charge in [-0.1, -0.05) is 45.1 Å². The van der Waals surface area contributed by atoms with Crippen molar-refractivity contribution in [1.82, 2.24) is 0 Å². The lowest BCUT2D eigenvalue weighted by Gasteiger charge is -2.30. The van der Waals surface area contributed by atoms with Gasteiger partial charge in [0, 0.05) is 0 Å². The third-order valence-electron chi connectivity index (χ3n) is 4.69. The summed E-state index contributed by atoms with van der Waals surface area (Å²) in [5.74, 6) is 0.793. The van der Waals surface area contributed by atoms with Crippen LogP contribution in [-0.4, -0.2) is 32.0 Å². The molecule has 0 spiro atoms. The monoisotopic (exact) mass is 296 g/mol. The Balaban J connectivity index is 1.59. The number of unbranched alkanes of at least 4 members (excludes halogenated alkanes) is 3. The minimum absolute atomic E-state index is 0.396. The van der Waals surface area contributed by atoms with E-state index in [2.05, 4.69) is 6.58 Å². The number of hydrogen-bond acceptors (Lipinski definition) is 3. The van der Waals surface area contributed by atoms with Crippen LogP contribution in [0.1, 0.15) is 64.2 Å². The highest BCUT2D eigenvalue weighted by atomic mass is 16.6. The Kier molecular flexibility index (Phi) is 8.20. The molecule has 1 saturated carbocycles. The molecule has 2 fully saturated rings. The van der Waals surface area contributed by atoms with Crippen LogP contribution in [0.25, 0.3) is 0 Å². The van der Waals surface area contributed by atoms with Gasteiger partial charge in [-0.2, -0.15) is 0 Å². The lowest BCUT2D eigenvalue weighted by Crippen LogP contribution is -2.27. The van der Waals surface area contributed by atoms with Gasteiger partial charge in [-0.05, 0) is 31.6 Å². The van der Waals surface area contributed by atoms with Crippen molar-refractivity contribution in [2.75, 3.05) is 19.8 Å². The summed E-state index contributed by atoms with van der Waals surface area (Å²) in [5.41, 5.74) is 0. The Morgan fingerprint density at radius 1 is 1.10 bits per heavy atom. The van der Waals surface area contributed by atoms with Crippen LogP contribution in [0.5, 0.6) is 0 Å². The molecule has 1 heterocycles. The first-order chi connectivity index (χ1) is 10.4. The Morgan fingerprint density at radius 2 is 1.86 bits per heavy atom. The molecular formula is C18H32O3. The summed E-state index contributed by atoms with van der Waals surface area (Å²) >= 11 is 0. The fourth-order valence-electron chi connectivity index (χ4n) is 3.32. The van der Waals surface area contributed by atoms with Crippen molar-refractivity contribution in [3.05, 3.63) is 12.8 Å². The lowest BCUT2D eigenvalue weighted by molar-refractivity contribution is -0.0127. The SMILES string of the molecule is C=COCCCCCCC(OCC1CO1)C1CCCCC1. The summed E-state index contributed by atoms with van der Waals surface area (Å²) in [5, 5.41) is 0.